The molecule has 0 saturated heterocycles. The topological polar surface area (TPSA) is 78.4 Å². The van der Waals surface area contributed by atoms with E-state index in [0.717, 1.165) is 16.7 Å². The molecule has 4 rings (SSSR count). The number of hydrogen-bond donors (Lipinski definition) is 0. The van der Waals surface area contributed by atoms with E-state index in [0.29, 0.717) is 5.56 Å². The molecule has 4 nitrogen and oxygen atoms in total. The van der Waals surface area contributed by atoms with Gasteiger partial charge in [-0.05, 0) is 22.8 Å². The number of halogens is 1. The number of allylic oxidation sites excluding steroid dienone is 3. The Morgan fingerprint density at radius 1 is 0.923 bits per heavy atom. The van der Waals surface area contributed by atoms with Gasteiger partial charge in [-0.3, -0.25) is 0 Å². The summed E-state index contributed by atoms with van der Waals surface area (Å²) in [6.07, 6.45) is 7.66. The van der Waals surface area contributed by atoms with Gasteiger partial charge < -0.3 is 0 Å². The first-order chi connectivity index (χ1) is 12.5. The Morgan fingerprint density at radius 3 is 2.23 bits per heavy atom. The summed E-state index contributed by atoms with van der Waals surface area (Å²) in [7, 11) is -4.62. The minimum Gasteiger partial charge on any atom is -0.183 e. The van der Waals surface area contributed by atoms with Crippen LogP contribution in [0.5, 0.6) is 0 Å². The lowest BCUT2D eigenvalue weighted by Crippen LogP contribution is -2.63. The van der Waals surface area contributed by atoms with Crippen molar-refractivity contribution in [1.82, 2.24) is 0 Å². The fourth-order valence-corrected chi connectivity index (χ4v) is 5.34. The van der Waals surface area contributed by atoms with E-state index < -0.39 is 15.2 Å². The smallest absolute Gasteiger partial charge is 0.183 e. The normalized spacial score (nSPS) is 24.8. The van der Waals surface area contributed by atoms with Crippen molar-refractivity contribution in [2.75, 3.05) is 0 Å². The molecule has 1 aliphatic heterocycles. The quantitative estimate of drug-likeness (QED) is 0.794. The molecule has 2 aromatic carbocycles. The maximum Gasteiger partial charge on any atom is 0.314 e. The maximum absolute atomic E-state index is 11.5. The molecular weight excluding hydrogens is 372 g/mol. The molecule has 0 N–H and O–H groups in total. The average Bonchev–Trinajstić information content (AvgIpc) is 3.09. The number of rotatable bonds is 4. The van der Waals surface area contributed by atoms with Crippen LogP contribution in [0.15, 0.2) is 90.5 Å². The molecule has 2 unspecified atom stereocenters. The molecule has 1 aliphatic carbocycles. The van der Waals surface area contributed by atoms with Gasteiger partial charge in [0, 0.05) is 5.56 Å². The van der Waals surface area contributed by atoms with Crippen LogP contribution in [0.4, 0.5) is 0 Å². The van der Waals surface area contributed by atoms with E-state index in [1.165, 1.54) is 11.8 Å². The molecule has 132 valence electrons. The number of fused-ring (bicyclic) bond motifs is 1. The highest BCUT2D eigenvalue weighted by Crippen LogP contribution is 2.54. The van der Waals surface area contributed by atoms with Gasteiger partial charge in [0.2, 0.25) is 0 Å². The van der Waals surface area contributed by atoms with Crippen LogP contribution in [-0.4, -0.2) is 5.25 Å². The molecule has 0 bridgehead atoms. The fraction of sp³-hybridized carbons (Fsp3) is 0.100. The van der Waals surface area contributed by atoms with Crippen molar-refractivity contribution in [2.45, 2.75) is 10.2 Å². The molecule has 0 aromatic heterocycles. The van der Waals surface area contributed by atoms with Crippen LogP contribution in [0.1, 0.15) is 11.1 Å². The molecule has 0 spiro atoms. The van der Waals surface area contributed by atoms with Crippen LogP contribution < -0.4 is 14.0 Å². The van der Waals surface area contributed by atoms with Gasteiger partial charge in [0.15, 0.2) is 0 Å². The second-order valence-corrected chi connectivity index (χ2v) is 8.22. The first kappa shape index (κ1) is 17.5. The van der Waals surface area contributed by atoms with E-state index in [2.05, 4.69) is 0 Å². The maximum atomic E-state index is 11.5. The number of benzene rings is 2. The Hall–Kier alpha value is -1.86. The van der Waals surface area contributed by atoms with Crippen molar-refractivity contribution in [3.63, 3.8) is 0 Å². The van der Waals surface area contributed by atoms with Crippen LogP contribution in [0, 0.1) is 10.2 Å². The molecule has 2 atom stereocenters. The van der Waals surface area contributed by atoms with Crippen LogP contribution in [0.25, 0.3) is 5.57 Å². The minimum atomic E-state index is -4.62. The summed E-state index contributed by atoms with van der Waals surface area (Å²) < 4.78 is 39.7. The van der Waals surface area contributed by atoms with Gasteiger partial charge in [-0.2, -0.15) is 14.0 Å². The van der Waals surface area contributed by atoms with Gasteiger partial charge in [-0.1, -0.05) is 90.7 Å². The molecule has 0 fully saturated rings. The van der Waals surface area contributed by atoms with Crippen LogP contribution >= 0.6 is 11.8 Å². The van der Waals surface area contributed by atoms with E-state index >= 15 is 0 Å². The zero-order valence-electron chi connectivity index (χ0n) is 13.6. The second-order valence-electron chi connectivity index (χ2n) is 5.96. The Labute approximate surface area is 157 Å². The lowest BCUT2D eigenvalue weighted by molar-refractivity contribution is -1.92. The van der Waals surface area contributed by atoms with Gasteiger partial charge in [-0.25, -0.2) is 0 Å². The summed E-state index contributed by atoms with van der Waals surface area (Å²) in [6, 6.07) is 18.6. The first-order valence-corrected chi connectivity index (χ1v) is 10.1. The van der Waals surface area contributed by atoms with Crippen molar-refractivity contribution < 1.29 is 28.5 Å². The van der Waals surface area contributed by atoms with Crippen LogP contribution in [-0.2, 0) is 9.22 Å². The standard InChI is InChI=1S/C20H15ClO4S/c22-21(23,24)25-20(16-10-5-2-6-11-16)14-18(15-8-3-1-4-9-15)17-12-7-13-19(17)26-20/h1-14,19H. The lowest BCUT2D eigenvalue weighted by atomic mass is 9.93. The zero-order valence-corrected chi connectivity index (χ0v) is 15.2. The Balaban J connectivity index is 1.92. The summed E-state index contributed by atoms with van der Waals surface area (Å²) in [5.41, 5.74) is 3.47. The first-order valence-electron chi connectivity index (χ1n) is 7.99. The largest absolute Gasteiger partial charge is 0.314 e. The third-order valence-electron chi connectivity index (χ3n) is 4.29. The fourth-order valence-electron chi connectivity index (χ4n) is 3.22. The average molecular weight is 387 g/mol. The van der Waals surface area contributed by atoms with E-state index in [9.17, 15) is 14.0 Å². The van der Waals surface area contributed by atoms with Crippen molar-refractivity contribution in [1.29, 1.82) is 0 Å². The SMILES string of the molecule is [O-][Cl+3]([O-])([O-])OC1(c2ccccc2)C=C(c2ccccc2)C2=CC=CC2S1. The zero-order chi connectivity index (χ0) is 18.2. The molecule has 0 radical (unpaired) electrons. The van der Waals surface area contributed by atoms with Crippen molar-refractivity contribution in [3.05, 3.63) is 102 Å². The summed E-state index contributed by atoms with van der Waals surface area (Å²) in [6.45, 7) is 0. The molecule has 6 heteroatoms. The van der Waals surface area contributed by atoms with Gasteiger partial charge in [0.1, 0.15) is 0 Å². The van der Waals surface area contributed by atoms with E-state index in [4.69, 9.17) is 4.29 Å². The van der Waals surface area contributed by atoms with Gasteiger partial charge in [-0.15, -0.1) is 0 Å². The lowest BCUT2D eigenvalue weighted by Gasteiger charge is -2.34. The third-order valence-corrected chi connectivity index (χ3v) is 6.26. The van der Waals surface area contributed by atoms with E-state index in [1.54, 1.807) is 30.3 Å². The van der Waals surface area contributed by atoms with Crippen molar-refractivity contribution in [3.8, 4) is 0 Å². The third kappa shape index (κ3) is 3.38. The Bertz CT molecular complexity index is 887. The van der Waals surface area contributed by atoms with Crippen LogP contribution in [0.3, 0.4) is 0 Å². The molecule has 0 saturated carbocycles. The van der Waals surface area contributed by atoms with Gasteiger partial charge in [0.05, 0.1) is 19.8 Å². The summed E-state index contributed by atoms with van der Waals surface area (Å²) in [5.74, 6) is 0. The predicted octanol–water partition coefficient (Wildman–Crippen LogP) is 1.45. The van der Waals surface area contributed by atoms with Gasteiger partial charge in [0.25, 0.3) is 0 Å². The minimum absolute atomic E-state index is 0.104. The van der Waals surface area contributed by atoms with Gasteiger partial charge >= 0.3 is 4.93 Å². The summed E-state index contributed by atoms with van der Waals surface area (Å²) >= 11 is 1.29. The predicted molar refractivity (Wildman–Crippen MR) is 92.2 cm³/mol. The summed E-state index contributed by atoms with van der Waals surface area (Å²) in [5, 5.41) is -0.104. The Morgan fingerprint density at radius 2 is 1.58 bits per heavy atom. The molecule has 1 heterocycles. The highest BCUT2D eigenvalue weighted by molar-refractivity contribution is 8.01. The monoisotopic (exact) mass is 386 g/mol. The van der Waals surface area contributed by atoms with Crippen LogP contribution in [0.2, 0.25) is 0 Å². The molecule has 0 amide bonds. The molecule has 2 aromatic rings. The highest BCUT2D eigenvalue weighted by Gasteiger charge is 2.52. The molecular formula is C20H15ClO4S. The van der Waals surface area contributed by atoms with E-state index in [1.807, 2.05) is 54.6 Å². The number of thioether (sulfide) groups is 1. The molecule has 26 heavy (non-hydrogen) atoms. The van der Waals surface area contributed by atoms with E-state index in [-0.39, 0.29) is 5.25 Å². The second kappa shape index (κ2) is 6.70. The highest BCUT2D eigenvalue weighted by atomic mass is 35.7. The Kier molecular flexibility index (Phi) is 4.52. The van der Waals surface area contributed by atoms with Crippen molar-refractivity contribution >= 4 is 17.3 Å². The van der Waals surface area contributed by atoms with Crippen molar-refractivity contribution in [2.24, 2.45) is 0 Å². The summed E-state index contributed by atoms with van der Waals surface area (Å²) in [4.78, 5) is -1.43. The number of hydrogen-bond acceptors (Lipinski definition) is 5. The molecule has 2 aliphatic rings.